The smallest absolute Gasteiger partial charge is 0.220 e. The highest BCUT2D eigenvalue weighted by molar-refractivity contribution is 5.76. The Morgan fingerprint density at radius 1 is 1.25 bits per heavy atom. The van der Waals surface area contributed by atoms with Gasteiger partial charge >= 0.3 is 0 Å². The molecular weight excluding hydrogens is 256 g/mol. The standard InChI is InChI=1S/C15H22N2O3/c1-19-13-5-11(6-14(7-13)20-2)3-4-15(18)17-10-12-8-16-9-12/h5-7,12,16H,3-4,8-10H2,1-2H3,(H,17,18). The summed E-state index contributed by atoms with van der Waals surface area (Å²) in [6.07, 6.45) is 1.17. The first-order valence-corrected chi connectivity index (χ1v) is 6.90. The van der Waals surface area contributed by atoms with Crippen molar-refractivity contribution in [3.8, 4) is 11.5 Å². The van der Waals surface area contributed by atoms with E-state index in [1.807, 2.05) is 18.2 Å². The highest BCUT2D eigenvalue weighted by Gasteiger charge is 2.17. The normalized spacial score (nSPS) is 14.5. The molecule has 1 heterocycles. The third kappa shape index (κ3) is 4.13. The Bertz CT molecular complexity index is 436. The Hall–Kier alpha value is -1.75. The number of aryl methyl sites for hydroxylation is 1. The molecule has 0 saturated carbocycles. The second-order valence-electron chi connectivity index (χ2n) is 5.05. The predicted octanol–water partition coefficient (Wildman–Crippen LogP) is 0.972. The number of benzene rings is 1. The fourth-order valence-electron chi connectivity index (χ4n) is 2.11. The van der Waals surface area contributed by atoms with E-state index in [2.05, 4.69) is 10.6 Å². The van der Waals surface area contributed by atoms with Crippen molar-refractivity contribution in [3.05, 3.63) is 23.8 Å². The fourth-order valence-corrected chi connectivity index (χ4v) is 2.11. The second-order valence-corrected chi connectivity index (χ2v) is 5.05. The number of amides is 1. The van der Waals surface area contributed by atoms with Gasteiger partial charge in [0.25, 0.3) is 0 Å². The van der Waals surface area contributed by atoms with E-state index in [9.17, 15) is 4.79 Å². The minimum absolute atomic E-state index is 0.0960. The second kappa shape index (κ2) is 7.14. The molecule has 0 aliphatic carbocycles. The highest BCUT2D eigenvalue weighted by Crippen LogP contribution is 2.23. The molecule has 0 bridgehead atoms. The molecule has 1 aromatic carbocycles. The average molecular weight is 278 g/mol. The molecular formula is C15H22N2O3. The van der Waals surface area contributed by atoms with Gasteiger partial charge in [0.15, 0.2) is 0 Å². The summed E-state index contributed by atoms with van der Waals surface area (Å²) in [4.78, 5) is 11.8. The van der Waals surface area contributed by atoms with Gasteiger partial charge in [0, 0.05) is 38.0 Å². The Balaban J connectivity index is 1.81. The van der Waals surface area contributed by atoms with Crippen LogP contribution in [-0.4, -0.2) is 39.8 Å². The topological polar surface area (TPSA) is 59.6 Å². The van der Waals surface area contributed by atoms with Crippen LogP contribution in [0.2, 0.25) is 0 Å². The van der Waals surface area contributed by atoms with Gasteiger partial charge in [0.05, 0.1) is 14.2 Å². The number of hydrogen-bond acceptors (Lipinski definition) is 4. The number of carbonyl (C=O) groups excluding carboxylic acids is 1. The van der Waals surface area contributed by atoms with E-state index in [4.69, 9.17) is 9.47 Å². The number of carbonyl (C=O) groups is 1. The van der Waals surface area contributed by atoms with Crippen LogP contribution in [0, 0.1) is 5.92 Å². The van der Waals surface area contributed by atoms with Crippen LogP contribution in [0.15, 0.2) is 18.2 Å². The summed E-state index contributed by atoms with van der Waals surface area (Å²) in [6.45, 7) is 2.79. The van der Waals surface area contributed by atoms with Crippen molar-refractivity contribution < 1.29 is 14.3 Å². The molecule has 1 aliphatic rings. The van der Waals surface area contributed by atoms with Crippen molar-refractivity contribution in [1.29, 1.82) is 0 Å². The monoisotopic (exact) mass is 278 g/mol. The Kier molecular flexibility index (Phi) is 5.24. The van der Waals surface area contributed by atoms with E-state index in [0.717, 1.165) is 36.7 Å². The maximum atomic E-state index is 11.8. The van der Waals surface area contributed by atoms with E-state index in [1.54, 1.807) is 14.2 Å². The molecule has 5 heteroatoms. The summed E-state index contributed by atoms with van der Waals surface area (Å²) in [5.41, 5.74) is 1.04. The lowest BCUT2D eigenvalue weighted by Crippen LogP contribution is -2.48. The van der Waals surface area contributed by atoms with Gasteiger partial charge in [-0.25, -0.2) is 0 Å². The first-order chi connectivity index (χ1) is 9.71. The van der Waals surface area contributed by atoms with Gasteiger partial charge in [0.1, 0.15) is 11.5 Å². The molecule has 2 N–H and O–H groups in total. The molecule has 5 nitrogen and oxygen atoms in total. The molecule has 20 heavy (non-hydrogen) atoms. The van der Waals surface area contributed by atoms with Gasteiger partial charge in [-0.1, -0.05) is 0 Å². The summed E-state index contributed by atoms with van der Waals surface area (Å²) in [5, 5.41) is 6.16. The Labute approximate surface area is 119 Å². The maximum absolute atomic E-state index is 11.8. The number of methoxy groups -OCH3 is 2. The molecule has 1 aliphatic heterocycles. The lowest BCUT2D eigenvalue weighted by molar-refractivity contribution is -0.121. The summed E-state index contributed by atoms with van der Waals surface area (Å²) in [5.74, 6) is 2.19. The number of rotatable bonds is 7. The third-order valence-electron chi connectivity index (χ3n) is 3.51. The minimum atomic E-state index is 0.0960. The fraction of sp³-hybridized carbons (Fsp3) is 0.533. The first-order valence-electron chi connectivity index (χ1n) is 6.90. The maximum Gasteiger partial charge on any atom is 0.220 e. The van der Waals surface area contributed by atoms with Crippen molar-refractivity contribution in [2.75, 3.05) is 33.9 Å². The van der Waals surface area contributed by atoms with Crippen LogP contribution in [0.25, 0.3) is 0 Å². The molecule has 0 unspecified atom stereocenters. The lowest BCUT2D eigenvalue weighted by atomic mass is 10.0. The molecule has 1 saturated heterocycles. The van der Waals surface area contributed by atoms with Crippen LogP contribution >= 0.6 is 0 Å². The molecule has 1 fully saturated rings. The van der Waals surface area contributed by atoms with Crippen molar-refractivity contribution in [2.24, 2.45) is 5.92 Å². The predicted molar refractivity (Wildman–Crippen MR) is 77.2 cm³/mol. The third-order valence-corrected chi connectivity index (χ3v) is 3.51. The number of hydrogen-bond donors (Lipinski definition) is 2. The molecule has 0 atom stereocenters. The van der Waals surface area contributed by atoms with Crippen LogP contribution in [0.3, 0.4) is 0 Å². The van der Waals surface area contributed by atoms with Crippen LogP contribution in [0.5, 0.6) is 11.5 Å². The minimum Gasteiger partial charge on any atom is -0.497 e. The molecule has 2 rings (SSSR count). The van der Waals surface area contributed by atoms with Crippen LogP contribution < -0.4 is 20.1 Å². The van der Waals surface area contributed by atoms with E-state index in [-0.39, 0.29) is 5.91 Å². The van der Waals surface area contributed by atoms with Crippen LogP contribution in [-0.2, 0) is 11.2 Å². The van der Waals surface area contributed by atoms with E-state index in [0.29, 0.717) is 18.8 Å². The molecule has 1 aromatic rings. The molecule has 1 amide bonds. The lowest BCUT2D eigenvalue weighted by Gasteiger charge is -2.27. The van der Waals surface area contributed by atoms with Gasteiger partial charge < -0.3 is 20.1 Å². The molecule has 0 spiro atoms. The van der Waals surface area contributed by atoms with Crippen molar-refractivity contribution in [3.63, 3.8) is 0 Å². The number of nitrogens with one attached hydrogen (secondary N) is 2. The summed E-state index contributed by atoms with van der Waals surface area (Å²) >= 11 is 0. The van der Waals surface area contributed by atoms with Crippen molar-refractivity contribution in [1.82, 2.24) is 10.6 Å². The highest BCUT2D eigenvalue weighted by atomic mass is 16.5. The van der Waals surface area contributed by atoms with Crippen LogP contribution in [0.1, 0.15) is 12.0 Å². The van der Waals surface area contributed by atoms with Gasteiger partial charge in [-0.15, -0.1) is 0 Å². The zero-order valence-corrected chi connectivity index (χ0v) is 12.1. The van der Waals surface area contributed by atoms with Gasteiger partial charge in [-0.05, 0) is 24.1 Å². The van der Waals surface area contributed by atoms with Gasteiger partial charge in [-0.3, -0.25) is 4.79 Å². The van der Waals surface area contributed by atoms with E-state index >= 15 is 0 Å². The van der Waals surface area contributed by atoms with Crippen LogP contribution in [0.4, 0.5) is 0 Å². The van der Waals surface area contributed by atoms with E-state index < -0.39 is 0 Å². The van der Waals surface area contributed by atoms with Gasteiger partial charge in [-0.2, -0.15) is 0 Å². The molecule has 110 valence electrons. The zero-order valence-electron chi connectivity index (χ0n) is 12.1. The molecule has 0 aromatic heterocycles. The largest absolute Gasteiger partial charge is 0.497 e. The quantitative estimate of drug-likeness (QED) is 0.780. The first kappa shape index (κ1) is 14.7. The van der Waals surface area contributed by atoms with Crippen molar-refractivity contribution >= 4 is 5.91 Å². The zero-order chi connectivity index (χ0) is 14.4. The van der Waals surface area contributed by atoms with Crippen molar-refractivity contribution in [2.45, 2.75) is 12.8 Å². The summed E-state index contributed by atoms with van der Waals surface area (Å²) in [7, 11) is 3.25. The summed E-state index contributed by atoms with van der Waals surface area (Å²) < 4.78 is 10.4. The SMILES string of the molecule is COc1cc(CCC(=O)NCC2CNC2)cc(OC)c1. The van der Waals surface area contributed by atoms with E-state index in [1.165, 1.54) is 0 Å². The Morgan fingerprint density at radius 3 is 2.40 bits per heavy atom. The molecule has 0 radical (unpaired) electrons. The number of ether oxygens (including phenoxy) is 2. The van der Waals surface area contributed by atoms with Gasteiger partial charge in [0.2, 0.25) is 5.91 Å². The summed E-state index contributed by atoms with van der Waals surface area (Å²) in [6, 6.07) is 5.70. The average Bonchev–Trinajstić information content (AvgIpc) is 2.43. The Morgan fingerprint density at radius 2 is 1.90 bits per heavy atom.